The second kappa shape index (κ2) is 14.5. The molecule has 1 radical (unpaired) electrons. The van der Waals surface area contributed by atoms with Crippen molar-refractivity contribution in [3.8, 4) is 0 Å². The van der Waals surface area contributed by atoms with Crippen LogP contribution in [0.3, 0.4) is 0 Å². The first-order valence-corrected chi connectivity index (χ1v) is 8.96. The molecule has 0 bridgehead atoms. The monoisotopic (exact) mass is 299 g/mol. The molecule has 0 aliphatic rings. The van der Waals surface area contributed by atoms with Crippen molar-refractivity contribution in [2.75, 3.05) is 0 Å². The minimum Gasteiger partial charge on any atom is -0.359 e. The average molecular weight is 299 g/mol. The van der Waals surface area contributed by atoms with E-state index in [1.807, 2.05) is 0 Å². The third-order valence-electron chi connectivity index (χ3n) is 4.04. The van der Waals surface area contributed by atoms with Gasteiger partial charge in [0.2, 0.25) is 5.79 Å². The highest BCUT2D eigenvalue weighted by Gasteiger charge is 2.21. The second-order valence-corrected chi connectivity index (χ2v) is 6.26. The van der Waals surface area contributed by atoms with Crippen molar-refractivity contribution in [1.82, 2.24) is 0 Å². The van der Waals surface area contributed by atoms with E-state index in [9.17, 15) is 4.79 Å². The van der Waals surface area contributed by atoms with E-state index in [4.69, 9.17) is 10.2 Å². The fourth-order valence-corrected chi connectivity index (χ4v) is 2.62. The summed E-state index contributed by atoms with van der Waals surface area (Å²) >= 11 is 0. The van der Waals surface area contributed by atoms with Gasteiger partial charge < -0.3 is 10.2 Å². The summed E-state index contributed by atoms with van der Waals surface area (Å²) < 4.78 is 0. The van der Waals surface area contributed by atoms with E-state index in [-0.39, 0.29) is 6.42 Å². The van der Waals surface area contributed by atoms with Crippen LogP contribution in [0.4, 0.5) is 0 Å². The lowest BCUT2D eigenvalue weighted by atomic mass is 10.0. The highest BCUT2D eigenvalue weighted by Crippen LogP contribution is 2.14. The summed E-state index contributed by atoms with van der Waals surface area (Å²) in [7, 11) is 0. The minimum absolute atomic E-state index is 0.106. The molecule has 0 fully saturated rings. The molecule has 0 aromatic rings. The minimum atomic E-state index is -2.23. The molecular formula is C18H35O3. The van der Waals surface area contributed by atoms with Gasteiger partial charge in [-0.2, -0.15) is 0 Å². The molecule has 0 heterocycles. The number of aliphatic hydroxyl groups is 2. The molecule has 0 amide bonds. The van der Waals surface area contributed by atoms with Gasteiger partial charge in [0.15, 0.2) is 0 Å². The Bertz CT molecular complexity index is 227. The summed E-state index contributed by atoms with van der Waals surface area (Å²) in [4.78, 5) is 10.2. The number of hydrogen-bond donors (Lipinski definition) is 2. The molecule has 125 valence electrons. The Morgan fingerprint density at radius 2 is 1.00 bits per heavy atom. The Hall–Kier alpha value is -0.410. The van der Waals surface area contributed by atoms with Crippen molar-refractivity contribution in [1.29, 1.82) is 0 Å². The molecule has 0 saturated heterocycles. The molecule has 0 rings (SSSR count). The summed E-state index contributed by atoms with van der Waals surface area (Å²) in [6, 6.07) is 0. The quantitative estimate of drug-likeness (QED) is 0.322. The van der Waals surface area contributed by atoms with E-state index >= 15 is 0 Å². The van der Waals surface area contributed by atoms with E-state index in [0.29, 0.717) is 6.42 Å². The maximum Gasteiger partial charge on any atom is 0.262 e. The molecule has 0 atom stereocenters. The van der Waals surface area contributed by atoms with Gasteiger partial charge in [0.25, 0.3) is 6.29 Å². The molecule has 3 nitrogen and oxygen atoms in total. The standard InChI is InChI=1S/C18H35O3/c1-2-3-4-5-6-7-8-9-10-11-12-13-14-15-16-18(20,21)17-19/h20-21H,2-16H2,1H3. The van der Waals surface area contributed by atoms with Gasteiger partial charge in [-0.3, -0.25) is 4.79 Å². The third kappa shape index (κ3) is 15.8. The van der Waals surface area contributed by atoms with E-state index in [0.717, 1.165) is 12.8 Å². The lowest BCUT2D eigenvalue weighted by Gasteiger charge is -2.12. The second-order valence-electron chi connectivity index (χ2n) is 6.26. The van der Waals surface area contributed by atoms with Crippen LogP contribution in [0.15, 0.2) is 0 Å². The van der Waals surface area contributed by atoms with Crippen molar-refractivity contribution in [3.05, 3.63) is 0 Å². The molecule has 21 heavy (non-hydrogen) atoms. The summed E-state index contributed by atoms with van der Waals surface area (Å²) in [5.74, 6) is -2.23. The highest BCUT2D eigenvalue weighted by atomic mass is 16.5. The van der Waals surface area contributed by atoms with Gasteiger partial charge >= 0.3 is 0 Å². The summed E-state index contributed by atoms with van der Waals surface area (Å²) in [5, 5.41) is 18.1. The van der Waals surface area contributed by atoms with E-state index in [1.165, 1.54) is 76.9 Å². The van der Waals surface area contributed by atoms with E-state index < -0.39 is 5.79 Å². The van der Waals surface area contributed by atoms with Crippen LogP contribution in [-0.4, -0.2) is 22.3 Å². The number of carbonyl (C=O) groups excluding carboxylic acids is 1. The van der Waals surface area contributed by atoms with Gasteiger partial charge in [-0.15, -0.1) is 0 Å². The number of unbranched alkanes of at least 4 members (excludes halogenated alkanes) is 13. The van der Waals surface area contributed by atoms with Crippen LogP contribution < -0.4 is 0 Å². The Labute approximate surface area is 131 Å². The molecule has 2 N–H and O–H groups in total. The van der Waals surface area contributed by atoms with Crippen LogP contribution in [0.2, 0.25) is 0 Å². The van der Waals surface area contributed by atoms with Gasteiger partial charge in [-0.05, 0) is 6.42 Å². The van der Waals surface area contributed by atoms with Crippen molar-refractivity contribution in [2.45, 2.75) is 109 Å². The lowest BCUT2D eigenvalue weighted by molar-refractivity contribution is -0.106. The normalized spacial score (nSPS) is 11.8. The summed E-state index contributed by atoms with van der Waals surface area (Å²) in [5.41, 5.74) is 0. The molecule has 0 aromatic carbocycles. The lowest BCUT2D eigenvalue weighted by Crippen LogP contribution is -2.29. The smallest absolute Gasteiger partial charge is 0.262 e. The fourth-order valence-electron chi connectivity index (χ4n) is 2.62. The predicted octanol–water partition coefficient (Wildman–Crippen LogP) is 4.65. The third-order valence-corrected chi connectivity index (χ3v) is 4.04. The highest BCUT2D eigenvalue weighted by molar-refractivity contribution is 5.59. The maximum absolute atomic E-state index is 10.2. The Balaban J connectivity index is 3.08. The fraction of sp³-hybridized carbons (Fsp3) is 0.944. The Kier molecular flexibility index (Phi) is 14.2. The molecular weight excluding hydrogens is 264 g/mol. The van der Waals surface area contributed by atoms with E-state index in [2.05, 4.69) is 6.92 Å². The van der Waals surface area contributed by atoms with Crippen LogP contribution in [0, 0.1) is 0 Å². The first-order valence-electron chi connectivity index (χ1n) is 8.96. The molecule has 0 aliphatic heterocycles. The van der Waals surface area contributed by atoms with E-state index in [1.54, 1.807) is 0 Å². The zero-order valence-corrected chi connectivity index (χ0v) is 13.9. The van der Waals surface area contributed by atoms with Crippen LogP contribution in [0.25, 0.3) is 0 Å². The summed E-state index contributed by atoms with van der Waals surface area (Å²) in [6.07, 6.45) is 19.0. The number of hydrogen-bond acceptors (Lipinski definition) is 3. The SMILES string of the molecule is CCCCCCCCCCCCCCCCC(O)(O)[C]=O. The van der Waals surface area contributed by atoms with Crippen molar-refractivity contribution < 1.29 is 15.0 Å². The Morgan fingerprint density at radius 3 is 1.33 bits per heavy atom. The van der Waals surface area contributed by atoms with Crippen LogP contribution in [0.1, 0.15) is 103 Å². The first-order chi connectivity index (χ1) is 10.1. The van der Waals surface area contributed by atoms with Gasteiger partial charge in [0.1, 0.15) is 0 Å². The predicted molar refractivity (Wildman–Crippen MR) is 87.8 cm³/mol. The zero-order valence-electron chi connectivity index (χ0n) is 13.9. The van der Waals surface area contributed by atoms with Crippen molar-refractivity contribution in [2.24, 2.45) is 0 Å². The van der Waals surface area contributed by atoms with Crippen LogP contribution in [-0.2, 0) is 4.79 Å². The average Bonchev–Trinajstić information content (AvgIpc) is 2.47. The molecule has 3 heteroatoms. The molecule has 0 unspecified atom stereocenters. The van der Waals surface area contributed by atoms with Crippen LogP contribution >= 0.6 is 0 Å². The van der Waals surface area contributed by atoms with Gasteiger partial charge in [0.05, 0.1) is 0 Å². The topological polar surface area (TPSA) is 57.5 Å². The van der Waals surface area contributed by atoms with Crippen molar-refractivity contribution in [3.63, 3.8) is 0 Å². The first kappa shape index (κ1) is 20.6. The number of rotatable bonds is 16. The van der Waals surface area contributed by atoms with Gasteiger partial charge in [-0.1, -0.05) is 90.4 Å². The zero-order chi connectivity index (χ0) is 15.8. The molecule has 0 aromatic heterocycles. The van der Waals surface area contributed by atoms with Gasteiger partial charge in [0, 0.05) is 6.42 Å². The molecule has 0 saturated carbocycles. The maximum atomic E-state index is 10.2. The summed E-state index contributed by atoms with van der Waals surface area (Å²) in [6.45, 7) is 2.25. The molecule has 0 aliphatic carbocycles. The Morgan fingerprint density at radius 1 is 0.667 bits per heavy atom. The van der Waals surface area contributed by atoms with Crippen LogP contribution in [0.5, 0.6) is 0 Å². The largest absolute Gasteiger partial charge is 0.359 e. The molecule has 0 spiro atoms. The van der Waals surface area contributed by atoms with Gasteiger partial charge in [-0.25, -0.2) is 0 Å². The van der Waals surface area contributed by atoms with Crippen molar-refractivity contribution >= 4 is 6.29 Å².